The van der Waals surface area contributed by atoms with Crippen molar-refractivity contribution in [3.05, 3.63) is 11.6 Å². The summed E-state index contributed by atoms with van der Waals surface area (Å²) in [6.45, 7) is 11.1. The van der Waals surface area contributed by atoms with Gasteiger partial charge in [-0.1, -0.05) is 24.6 Å². The van der Waals surface area contributed by atoms with Gasteiger partial charge in [-0.3, -0.25) is 9.69 Å². The molecule has 0 N–H and O–H groups in total. The van der Waals surface area contributed by atoms with E-state index in [0.29, 0.717) is 30.1 Å². The first-order chi connectivity index (χ1) is 16.2. The molecule has 188 valence electrons. The lowest BCUT2D eigenvalue weighted by Crippen LogP contribution is -2.51. The van der Waals surface area contributed by atoms with E-state index in [-0.39, 0.29) is 16.8 Å². The maximum atomic E-state index is 12.4. The zero-order chi connectivity index (χ0) is 24.1. The van der Waals surface area contributed by atoms with Crippen molar-refractivity contribution in [2.75, 3.05) is 39.8 Å². The largest absolute Gasteiger partial charge is 0.348 e. The number of fused-ring (bicyclic) bond motifs is 5. The van der Waals surface area contributed by atoms with Gasteiger partial charge in [0, 0.05) is 38.5 Å². The van der Waals surface area contributed by atoms with Crippen molar-refractivity contribution in [3.63, 3.8) is 0 Å². The number of nitrogens with zero attached hydrogens (tertiary/aromatic N) is 3. The van der Waals surface area contributed by atoms with Crippen molar-refractivity contribution < 1.29 is 14.4 Å². The quantitative estimate of drug-likeness (QED) is 0.349. The number of carbonyl (C=O) groups excluding carboxylic acids is 2. The second-order valence-corrected chi connectivity index (χ2v) is 12.4. The summed E-state index contributed by atoms with van der Waals surface area (Å²) < 4.78 is 0. The van der Waals surface area contributed by atoms with Gasteiger partial charge < -0.3 is 9.74 Å². The number of hydrogen-bond acceptors (Lipinski definition) is 6. The minimum Gasteiger partial charge on any atom is -0.317 e. The standard InChI is InChI=1S/C28H43N3O3/c1-19(29-34-26(33)18-31-15-13-30(4)14-16-31)23-7-8-24-22-6-5-20-17-21(32)9-11-27(20,2)25(22)10-12-28(23,24)3/h17,22-25H,5-16,18H2,1-4H3/b29-19+/t22-,23+,24-,25-,27-,28+/m0/s1. The molecule has 0 spiro atoms. The fourth-order valence-corrected chi connectivity index (χ4v) is 8.65. The Hall–Kier alpha value is -1.53. The number of ketones is 1. The van der Waals surface area contributed by atoms with Crippen LogP contribution in [-0.4, -0.2) is 67.0 Å². The van der Waals surface area contributed by atoms with Gasteiger partial charge in [0.05, 0.1) is 12.3 Å². The van der Waals surface area contributed by atoms with Crippen LogP contribution in [0.4, 0.5) is 0 Å². The smallest absolute Gasteiger partial charge is 0.317 e. The summed E-state index contributed by atoms with van der Waals surface area (Å²) in [6.07, 6.45) is 10.9. The van der Waals surface area contributed by atoms with Crippen molar-refractivity contribution in [2.45, 2.75) is 72.1 Å². The normalized spacial score (nSPS) is 41.4. The van der Waals surface area contributed by atoms with Crippen LogP contribution in [0.2, 0.25) is 0 Å². The summed E-state index contributed by atoms with van der Waals surface area (Å²) >= 11 is 0. The third-order valence-corrected chi connectivity index (χ3v) is 10.7. The Morgan fingerprint density at radius 3 is 2.59 bits per heavy atom. The Morgan fingerprint density at radius 2 is 1.82 bits per heavy atom. The highest BCUT2D eigenvalue weighted by Crippen LogP contribution is 2.66. The molecule has 0 amide bonds. The second kappa shape index (κ2) is 9.16. The summed E-state index contributed by atoms with van der Waals surface area (Å²) in [6, 6.07) is 0. The van der Waals surface area contributed by atoms with Crippen LogP contribution in [0, 0.1) is 34.5 Å². The van der Waals surface area contributed by atoms with E-state index in [1.165, 1.54) is 31.3 Å². The topological polar surface area (TPSA) is 62.2 Å². The Kier molecular flexibility index (Phi) is 6.52. The van der Waals surface area contributed by atoms with Gasteiger partial charge >= 0.3 is 5.97 Å². The van der Waals surface area contributed by atoms with Crippen LogP contribution in [0.25, 0.3) is 0 Å². The van der Waals surface area contributed by atoms with Gasteiger partial charge in [0.25, 0.3) is 0 Å². The van der Waals surface area contributed by atoms with Crippen LogP contribution in [-0.2, 0) is 14.4 Å². The van der Waals surface area contributed by atoms with Crippen LogP contribution < -0.4 is 0 Å². The van der Waals surface area contributed by atoms with Crippen molar-refractivity contribution in [3.8, 4) is 0 Å². The summed E-state index contributed by atoms with van der Waals surface area (Å²) in [5.41, 5.74) is 2.90. The number of oxime groups is 1. The van der Waals surface area contributed by atoms with Crippen molar-refractivity contribution >= 4 is 17.5 Å². The molecule has 5 aliphatic rings. The van der Waals surface area contributed by atoms with Crippen molar-refractivity contribution in [1.29, 1.82) is 0 Å². The molecule has 1 aliphatic heterocycles. The van der Waals surface area contributed by atoms with E-state index in [1.54, 1.807) is 0 Å². The molecule has 4 fully saturated rings. The minimum atomic E-state index is -0.237. The molecule has 4 aliphatic carbocycles. The maximum Gasteiger partial charge on any atom is 0.348 e. The van der Waals surface area contributed by atoms with Crippen LogP contribution in [0.1, 0.15) is 72.1 Å². The summed E-state index contributed by atoms with van der Waals surface area (Å²) in [7, 11) is 2.12. The van der Waals surface area contributed by atoms with E-state index < -0.39 is 0 Å². The number of allylic oxidation sites excluding steroid dienone is 1. The predicted molar refractivity (Wildman–Crippen MR) is 133 cm³/mol. The Labute approximate surface area is 205 Å². The number of likely N-dealkylation sites (N-methyl/N-ethyl adjacent to an activating group) is 1. The van der Waals surface area contributed by atoms with Crippen molar-refractivity contribution in [1.82, 2.24) is 9.80 Å². The molecular formula is C28H43N3O3. The highest BCUT2D eigenvalue weighted by Gasteiger charge is 2.59. The number of hydrogen-bond donors (Lipinski definition) is 0. The molecular weight excluding hydrogens is 426 g/mol. The van der Waals surface area contributed by atoms with E-state index >= 15 is 0 Å². The Morgan fingerprint density at radius 1 is 1.06 bits per heavy atom. The van der Waals surface area contributed by atoms with Gasteiger partial charge in [0.1, 0.15) is 0 Å². The zero-order valence-corrected chi connectivity index (χ0v) is 21.6. The van der Waals surface area contributed by atoms with E-state index in [0.717, 1.165) is 63.5 Å². The van der Waals surface area contributed by atoms with Crippen LogP contribution >= 0.6 is 0 Å². The van der Waals surface area contributed by atoms with Gasteiger partial charge in [-0.15, -0.1) is 0 Å². The lowest BCUT2D eigenvalue weighted by atomic mass is 9.46. The van der Waals surface area contributed by atoms with Gasteiger partial charge in [-0.2, -0.15) is 0 Å². The molecule has 34 heavy (non-hydrogen) atoms. The average Bonchev–Trinajstić information content (AvgIpc) is 3.17. The van der Waals surface area contributed by atoms with Crippen LogP contribution in [0.15, 0.2) is 16.8 Å². The Balaban J connectivity index is 1.24. The monoisotopic (exact) mass is 469 g/mol. The van der Waals surface area contributed by atoms with Gasteiger partial charge in [-0.25, -0.2) is 4.79 Å². The van der Waals surface area contributed by atoms with Gasteiger partial charge in [0.15, 0.2) is 5.78 Å². The van der Waals surface area contributed by atoms with E-state index in [2.05, 4.69) is 42.8 Å². The molecule has 0 bridgehead atoms. The lowest BCUT2D eigenvalue weighted by Gasteiger charge is -2.58. The molecule has 0 aromatic heterocycles. The Bertz CT molecular complexity index is 889. The van der Waals surface area contributed by atoms with E-state index in [4.69, 9.17) is 4.84 Å². The highest BCUT2D eigenvalue weighted by atomic mass is 16.7. The minimum absolute atomic E-state index is 0.220. The summed E-state index contributed by atoms with van der Waals surface area (Å²) in [5, 5.41) is 4.40. The fraction of sp³-hybridized carbons (Fsp3) is 0.821. The summed E-state index contributed by atoms with van der Waals surface area (Å²) in [5.74, 6) is 2.65. The molecule has 3 saturated carbocycles. The van der Waals surface area contributed by atoms with Crippen LogP contribution in [0.3, 0.4) is 0 Å². The molecule has 6 nitrogen and oxygen atoms in total. The third kappa shape index (κ3) is 4.19. The number of rotatable bonds is 4. The molecule has 5 rings (SSSR count). The molecule has 0 aromatic carbocycles. The molecule has 6 atom stereocenters. The van der Waals surface area contributed by atoms with Crippen molar-refractivity contribution in [2.24, 2.45) is 39.7 Å². The molecule has 6 heteroatoms. The summed E-state index contributed by atoms with van der Waals surface area (Å²) in [4.78, 5) is 34.4. The predicted octanol–water partition coefficient (Wildman–Crippen LogP) is 4.30. The zero-order valence-electron chi connectivity index (χ0n) is 21.6. The number of piperazine rings is 1. The fourth-order valence-electron chi connectivity index (χ4n) is 8.65. The molecule has 0 unspecified atom stereocenters. The maximum absolute atomic E-state index is 12.4. The first kappa shape index (κ1) is 24.2. The SMILES string of the molecule is C/C(=N\OC(=O)CN1CCN(C)CC1)[C@H]1CC[C@H]2[C@@H]3CCC4=CC(=O)CC[C@]4(C)[C@H]3CC[C@]12C. The lowest BCUT2D eigenvalue weighted by molar-refractivity contribution is -0.145. The second-order valence-electron chi connectivity index (χ2n) is 12.4. The van der Waals surface area contributed by atoms with E-state index in [1.807, 2.05) is 6.08 Å². The molecule has 0 radical (unpaired) electrons. The molecule has 1 saturated heterocycles. The number of carbonyl (C=O) groups is 2. The average molecular weight is 470 g/mol. The third-order valence-electron chi connectivity index (χ3n) is 10.7. The highest BCUT2D eigenvalue weighted by molar-refractivity contribution is 5.91. The first-order valence-corrected chi connectivity index (χ1v) is 13.6. The van der Waals surface area contributed by atoms with E-state index in [9.17, 15) is 9.59 Å². The van der Waals surface area contributed by atoms with Crippen LogP contribution in [0.5, 0.6) is 0 Å². The molecule has 1 heterocycles. The van der Waals surface area contributed by atoms with Gasteiger partial charge in [0.2, 0.25) is 0 Å². The first-order valence-electron chi connectivity index (χ1n) is 13.6. The molecule has 0 aromatic rings. The van der Waals surface area contributed by atoms with Gasteiger partial charge in [-0.05, 0) is 93.6 Å².